The molecule has 0 unspecified atom stereocenters. The van der Waals surface area contributed by atoms with E-state index >= 15 is 0 Å². The number of carbonyl (C=O) groups is 1. The summed E-state index contributed by atoms with van der Waals surface area (Å²) in [4.78, 5) is 11.5. The summed E-state index contributed by atoms with van der Waals surface area (Å²) in [6.07, 6.45) is 2.60. The summed E-state index contributed by atoms with van der Waals surface area (Å²) in [5.41, 5.74) is 0.752. The molecule has 2 aromatic rings. The number of hydrogen-bond donors (Lipinski definition) is 1. The van der Waals surface area contributed by atoms with Crippen LogP contribution in [0.2, 0.25) is 4.34 Å². The Labute approximate surface area is 147 Å². The van der Waals surface area contributed by atoms with Crippen molar-refractivity contribution in [3.05, 3.63) is 54.1 Å². The molecule has 0 atom stereocenters. The van der Waals surface area contributed by atoms with Crippen molar-refractivity contribution in [2.75, 3.05) is 0 Å². The number of carboxylic acid groups (broad SMARTS) is 1. The Morgan fingerprint density at radius 1 is 1.33 bits per heavy atom. The molecule has 0 saturated carbocycles. The number of rotatable bonds is 5. The third kappa shape index (κ3) is 4.85. The van der Waals surface area contributed by atoms with Gasteiger partial charge in [0.05, 0.1) is 13.3 Å². The Bertz CT molecular complexity index is 674. The van der Waals surface area contributed by atoms with Crippen molar-refractivity contribution in [1.29, 1.82) is 0 Å². The molecule has 0 saturated heterocycles. The maximum absolute atomic E-state index is 10.5. The predicted molar refractivity (Wildman–Crippen MR) is 92.2 cm³/mol. The molecule has 2 rings (SSSR count). The molecule has 1 N–H and O–H groups in total. The number of aliphatic carboxylic acids is 1. The maximum atomic E-state index is 10.5. The molecular weight excluding hydrogens is 443 g/mol. The molecule has 0 aliphatic carbocycles. The number of benzene rings is 1. The second kappa shape index (κ2) is 7.45. The molecule has 0 bridgehead atoms. The molecule has 110 valence electrons. The molecule has 0 amide bonds. The number of hydrogen-bond acceptors (Lipinski definition) is 3. The van der Waals surface area contributed by atoms with Gasteiger partial charge in [-0.3, -0.25) is 0 Å². The van der Waals surface area contributed by atoms with Crippen LogP contribution in [0.5, 0.6) is 5.75 Å². The molecule has 0 aliphatic heterocycles. The van der Waals surface area contributed by atoms with E-state index in [1.165, 1.54) is 17.4 Å². The maximum Gasteiger partial charge on any atom is 0.328 e. The Hall–Kier alpha value is -0.820. The SMILES string of the molecule is O=C(O)/C=C/c1cc(Br)c(OCc2ccc(Cl)s2)c(Br)c1. The predicted octanol–water partition coefficient (Wildman–Crippen LogP) is 5.60. The largest absolute Gasteiger partial charge is 0.486 e. The van der Waals surface area contributed by atoms with E-state index in [2.05, 4.69) is 31.9 Å². The summed E-state index contributed by atoms with van der Waals surface area (Å²) in [6.45, 7) is 0.416. The van der Waals surface area contributed by atoms with Gasteiger partial charge in [-0.2, -0.15) is 0 Å². The van der Waals surface area contributed by atoms with Crippen LogP contribution in [-0.2, 0) is 11.4 Å². The quantitative estimate of drug-likeness (QED) is 0.601. The van der Waals surface area contributed by atoms with Gasteiger partial charge in [0.1, 0.15) is 12.4 Å². The van der Waals surface area contributed by atoms with Crippen LogP contribution in [0.25, 0.3) is 6.08 Å². The van der Waals surface area contributed by atoms with Crippen molar-refractivity contribution in [1.82, 2.24) is 0 Å². The van der Waals surface area contributed by atoms with E-state index in [4.69, 9.17) is 21.4 Å². The minimum absolute atomic E-state index is 0.416. The van der Waals surface area contributed by atoms with E-state index in [9.17, 15) is 4.79 Å². The second-order valence-electron chi connectivity index (χ2n) is 3.98. The lowest BCUT2D eigenvalue weighted by Crippen LogP contribution is -1.95. The Balaban J connectivity index is 2.15. The van der Waals surface area contributed by atoms with E-state index in [-0.39, 0.29) is 0 Å². The third-order valence-electron chi connectivity index (χ3n) is 2.43. The highest BCUT2D eigenvalue weighted by Gasteiger charge is 2.09. The van der Waals surface area contributed by atoms with Crippen LogP contribution in [0.3, 0.4) is 0 Å². The summed E-state index contributed by atoms with van der Waals surface area (Å²) in [5, 5.41) is 8.64. The third-order valence-corrected chi connectivity index (χ3v) is 4.81. The van der Waals surface area contributed by atoms with Crippen molar-refractivity contribution in [2.24, 2.45) is 0 Å². The van der Waals surface area contributed by atoms with Gasteiger partial charge in [0, 0.05) is 11.0 Å². The Kier molecular flexibility index (Phi) is 5.87. The van der Waals surface area contributed by atoms with Gasteiger partial charge in [-0.25, -0.2) is 4.79 Å². The van der Waals surface area contributed by atoms with Crippen molar-refractivity contribution < 1.29 is 14.6 Å². The molecule has 0 aliphatic rings. The van der Waals surface area contributed by atoms with Gasteiger partial charge in [-0.15, -0.1) is 11.3 Å². The van der Waals surface area contributed by atoms with Gasteiger partial charge in [-0.1, -0.05) is 11.6 Å². The topological polar surface area (TPSA) is 46.5 Å². The highest BCUT2D eigenvalue weighted by atomic mass is 79.9. The zero-order valence-corrected chi connectivity index (χ0v) is 15.2. The molecule has 3 nitrogen and oxygen atoms in total. The van der Waals surface area contributed by atoms with Gasteiger partial charge in [0.15, 0.2) is 0 Å². The first kappa shape index (κ1) is 16.5. The normalized spacial score (nSPS) is 11.0. The van der Waals surface area contributed by atoms with Gasteiger partial charge in [0.25, 0.3) is 0 Å². The van der Waals surface area contributed by atoms with Crippen LogP contribution in [0, 0.1) is 0 Å². The van der Waals surface area contributed by atoms with E-state index in [1.807, 2.05) is 12.1 Å². The van der Waals surface area contributed by atoms with Crippen molar-refractivity contribution in [2.45, 2.75) is 6.61 Å². The lowest BCUT2D eigenvalue weighted by atomic mass is 10.2. The van der Waals surface area contributed by atoms with Gasteiger partial charge >= 0.3 is 5.97 Å². The molecule has 0 radical (unpaired) electrons. The fourth-order valence-corrected chi connectivity index (χ4v) is 4.01. The number of ether oxygens (including phenoxy) is 1. The van der Waals surface area contributed by atoms with Crippen LogP contribution in [0.15, 0.2) is 39.3 Å². The molecule has 0 fully saturated rings. The van der Waals surface area contributed by atoms with E-state index in [0.29, 0.717) is 12.4 Å². The number of carboxylic acids is 1. The van der Waals surface area contributed by atoms with Gasteiger partial charge in [0.2, 0.25) is 0 Å². The molecular formula is C14H9Br2ClO3S. The van der Waals surface area contributed by atoms with Crippen molar-refractivity contribution in [3.63, 3.8) is 0 Å². The lowest BCUT2D eigenvalue weighted by Gasteiger charge is -2.10. The molecule has 1 aromatic heterocycles. The highest BCUT2D eigenvalue weighted by Crippen LogP contribution is 2.36. The van der Waals surface area contributed by atoms with E-state index < -0.39 is 5.97 Å². The average molecular weight is 453 g/mol. The zero-order valence-electron chi connectivity index (χ0n) is 10.5. The van der Waals surface area contributed by atoms with Crippen LogP contribution in [0.1, 0.15) is 10.4 Å². The Morgan fingerprint density at radius 2 is 2.00 bits per heavy atom. The average Bonchev–Trinajstić information content (AvgIpc) is 2.81. The summed E-state index contributed by atoms with van der Waals surface area (Å²) in [6, 6.07) is 7.33. The first-order valence-electron chi connectivity index (χ1n) is 5.73. The summed E-state index contributed by atoms with van der Waals surface area (Å²) >= 11 is 14.2. The minimum Gasteiger partial charge on any atom is -0.486 e. The lowest BCUT2D eigenvalue weighted by molar-refractivity contribution is -0.131. The van der Waals surface area contributed by atoms with E-state index in [1.54, 1.807) is 12.1 Å². The van der Waals surface area contributed by atoms with Crippen LogP contribution < -0.4 is 4.74 Å². The summed E-state index contributed by atoms with van der Waals surface area (Å²) in [5.74, 6) is -0.329. The van der Waals surface area contributed by atoms with Crippen LogP contribution >= 0.6 is 54.8 Å². The summed E-state index contributed by atoms with van der Waals surface area (Å²) in [7, 11) is 0. The first-order chi connectivity index (χ1) is 9.95. The Morgan fingerprint density at radius 3 is 2.52 bits per heavy atom. The molecule has 1 heterocycles. The standard InChI is InChI=1S/C14H9Br2ClO3S/c15-10-5-8(1-4-13(18)19)6-11(16)14(10)20-7-9-2-3-12(17)21-9/h1-6H,7H2,(H,18,19)/b4-1+. The van der Waals surface area contributed by atoms with Crippen molar-refractivity contribution in [3.8, 4) is 5.75 Å². The fraction of sp³-hybridized carbons (Fsp3) is 0.0714. The van der Waals surface area contributed by atoms with Gasteiger partial charge < -0.3 is 9.84 Å². The molecule has 0 spiro atoms. The molecule has 7 heteroatoms. The zero-order chi connectivity index (χ0) is 15.4. The fourth-order valence-electron chi connectivity index (χ4n) is 1.55. The van der Waals surface area contributed by atoms with Crippen molar-refractivity contribution >= 4 is 66.8 Å². The highest BCUT2D eigenvalue weighted by molar-refractivity contribution is 9.11. The monoisotopic (exact) mass is 450 g/mol. The molecule has 21 heavy (non-hydrogen) atoms. The number of thiophene rings is 1. The minimum atomic E-state index is -0.989. The van der Waals surface area contributed by atoms with Gasteiger partial charge in [-0.05, 0) is 67.8 Å². The summed E-state index contributed by atoms with van der Waals surface area (Å²) < 4.78 is 7.97. The van der Waals surface area contributed by atoms with Crippen LogP contribution in [0.4, 0.5) is 0 Å². The smallest absolute Gasteiger partial charge is 0.328 e. The van der Waals surface area contributed by atoms with Crippen LogP contribution in [-0.4, -0.2) is 11.1 Å². The number of halogens is 3. The van der Waals surface area contributed by atoms with E-state index in [0.717, 1.165) is 29.8 Å². The molecule has 1 aromatic carbocycles. The first-order valence-corrected chi connectivity index (χ1v) is 8.51. The second-order valence-corrected chi connectivity index (χ2v) is 7.49.